The van der Waals surface area contributed by atoms with E-state index in [0.717, 1.165) is 43.1 Å². The molecule has 0 aromatic carbocycles. The van der Waals surface area contributed by atoms with Crippen LogP contribution in [0.1, 0.15) is 48.7 Å². The third kappa shape index (κ3) is 2.24. The zero-order chi connectivity index (χ0) is 15.4. The molecule has 23 heavy (non-hydrogen) atoms. The first-order valence-electron chi connectivity index (χ1n) is 8.48. The van der Waals surface area contributed by atoms with E-state index in [1.807, 2.05) is 12.3 Å². The first-order chi connectivity index (χ1) is 11.2. The van der Waals surface area contributed by atoms with Crippen LogP contribution >= 0.6 is 0 Å². The second-order valence-corrected chi connectivity index (χ2v) is 7.47. The molecule has 4 fully saturated rings. The van der Waals surface area contributed by atoms with Gasteiger partial charge in [-0.1, -0.05) is 0 Å². The maximum absolute atomic E-state index is 9.55. The van der Waals surface area contributed by atoms with Crippen LogP contribution in [0.5, 0.6) is 0 Å². The number of hydrogen-bond acceptors (Lipinski definition) is 5. The Morgan fingerprint density at radius 1 is 1.35 bits per heavy atom. The highest BCUT2D eigenvalue weighted by Gasteiger charge is 2.55. The summed E-state index contributed by atoms with van der Waals surface area (Å²) in [6.07, 6.45) is 7.29. The molecule has 0 atom stereocenters. The van der Waals surface area contributed by atoms with Crippen molar-refractivity contribution in [3.05, 3.63) is 35.4 Å². The van der Waals surface area contributed by atoms with Crippen LogP contribution in [0.15, 0.2) is 18.3 Å². The molecule has 2 N–H and O–H groups in total. The molecule has 0 radical (unpaired) electrons. The monoisotopic (exact) mass is 311 g/mol. The van der Waals surface area contributed by atoms with Crippen LogP contribution < -0.4 is 4.90 Å². The van der Waals surface area contributed by atoms with Crippen LogP contribution in [-0.2, 0) is 6.42 Å². The Kier molecular flexibility index (Phi) is 2.80. The molecule has 6 rings (SSSR count). The van der Waals surface area contributed by atoms with E-state index in [9.17, 15) is 5.11 Å². The van der Waals surface area contributed by atoms with E-state index in [2.05, 4.69) is 26.1 Å². The summed E-state index contributed by atoms with van der Waals surface area (Å²) < 4.78 is 0. The average molecular weight is 311 g/mol. The zero-order valence-corrected chi connectivity index (χ0v) is 13.1. The fourth-order valence-corrected chi connectivity index (χ4v) is 4.07. The van der Waals surface area contributed by atoms with Crippen molar-refractivity contribution in [3.63, 3.8) is 0 Å². The lowest BCUT2D eigenvalue weighted by molar-refractivity contribution is 0.0873. The Morgan fingerprint density at radius 3 is 2.96 bits per heavy atom. The fraction of sp³-hybridized carbons (Fsp3) is 0.588. The highest BCUT2D eigenvalue weighted by Crippen LogP contribution is 2.52. The van der Waals surface area contributed by atoms with Crippen molar-refractivity contribution >= 4 is 5.95 Å². The lowest BCUT2D eigenvalue weighted by Crippen LogP contribution is -2.37. The summed E-state index contributed by atoms with van der Waals surface area (Å²) in [5.41, 5.74) is 3.43. The fourth-order valence-electron chi connectivity index (χ4n) is 4.07. The number of fused-ring (bicyclic) bond motifs is 1. The lowest BCUT2D eigenvalue weighted by Gasteiger charge is -2.34. The molecule has 2 saturated heterocycles. The molecule has 4 heterocycles. The molecular formula is C17H21N5O. The van der Waals surface area contributed by atoms with E-state index in [1.165, 1.54) is 18.5 Å². The minimum absolute atomic E-state index is 0.104. The molecule has 2 aliphatic heterocycles. The summed E-state index contributed by atoms with van der Waals surface area (Å²) in [5.74, 6) is 1.48. The van der Waals surface area contributed by atoms with E-state index in [-0.39, 0.29) is 12.0 Å². The number of H-pyrrole nitrogens is 1. The van der Waals surface area contributed by atoms with Crippen molar-refractivity contribution in [1.82, 2.24) is 20.2 Å². The highest BCUT2D eigenvalue weighted by atomic mass is 16.3. The maximum atomic E-state index is 9.55. The van der Waals surface area contributed by atoms with Crippen LogP contribution in [0.25, 0.3) is 0 Å². The average Bonchev–Trinajstić information content (AvgIpc) is 3.02. The second kappa shape index (κ2) is 4.77. The molecule has 2 bridgehead atoms. The smallest absolute Gasteiger partial charge is 0.225 e. The van der Waals surface area contributed by atoms with Gasteiger partial charge < -0.3 is 10.0 Å². The molecule has 6 nitrogen and oxygen atoms in total. The van der Waals surface area contributed by atoms with Crippen molar-refractivity contribution in [3.8, 4) is 0 Å². The largest absolute Gasteiger partial charge is 0.396 e. The lowest BCUT2D eigenvalue weighted by atomic mass is 9.71. The minimum atomic E-state index is 0.104. The van der Waals surface area contributed by atoms with E-state index in [0.29, 0.717) is 12.0 Å². The van der Waals surface area contributed by atoms with Gasteiger partial charge in [-0.05, 0) is 37.8 Å². The third-order valence-corrected chi connectivity index (χ3v) is 5.59. The molecule has 120 valence electrons. The number of aromatic amines is 1. The van der Waals surface area contributed by atoms with Gasteiger partial charge in [0.25, 0.3) is 0 Å². The minimum Gasteiger partial charge on any atom is -0.396 e. The molecule has 0 amide bonds. The second-order valence-electron chi connectivity index (χ2n) is 7.47. The molecule has 2 aliphatic carbocycles. The molecule has 0 unspecified atom stereocenters. The van der Waals surface area contributed by atoms with Crippen LogP contribution in [0.3, 0.4) is 0 Å². The number of anilines is 1. The van der Waals surface area contributed by atoms with Crippen molar-refractivity contribution in [2.75, 3.05) is 18.1 Å². The Morgan fingerprint density at radius 2 is 2.22 bits per heavy atom. The molecule has 0 spiro atoms. The van der Waals surface area contributed by atoms with Gasteiger partial charge in [0.2, 0.25) is 5.95 Å². The van der Waals surface area contributed by atoms with E-state index >= 15 is 0 Å². The van der Waals surface area contributed by atoms with E-state index in [1.54, 1.807) is 0 Å². The van der Waals surface area contributed by atoms with Crippen molar-refractivity contribution in [1.29, 1.82) is 0 Å². The van der Waals surface area contributed by atoms with Crippen LogP contribution in [0.4, 0.5) is 5.95 Å². The Labute approximate surface area is 135 Å². The summed E-state index contributed by atoms with van der Waals surface area (Å²) in [5, 5.41) is 17.1. The Balaban J connectivity index is 1.34. The number of aliphatic hydroxyl groups excluding tert-OH is 1. The molecular weight excluding hydrogens is 290 g/mol. The summed E-state index contributed by atoms with van der Waals surface area (Å²) in [7, 11) is 0. The van der Waals surface area contributed by atoms with Crippen molar-refractivity contribution in [2.45, 2.75) is 44.1 Å². The summed E-state index contributed by atoms with van der Waals surface area (Å²) >= 11 is 0. The Hall–Kier alpha value is -1.95. The van der Waals surface area contributed by atoms with Crippen molar-refractivity contribution < 1.29 is 5.11 Å². The van der Waals surface area contributed by atoms with Gasteiger partial charge in [-0.3, -0.25) is 5.10 Å². The molecule has 2 aromatic rings. The highest BCUT2D eigenvalue weighted by molar-refractivity contribution is 5.40. The van der Waals surface area contributed by atoms with Gasteiger partial charge in [-0.15, -0.1) is 0 Å². The Bertz CT molecular complexity index is 732. The van der Waals surface area contributed by atoms with Gasteiger partial charge in [0.15, 0.2) is 0 Å². The van der Waals surface area contributed by atoms with Crippen LogP contribution in [0, 0.1) is 5.41 Å². The third-order valence-electron chi connectivity index (χ3n) is 5.59. The van der Waals surface area contributed by atoms with Gasteiger partial charge in [0, 0.05) is 42.2 Å². The molecule has 4 aliphatic rings. The number of hydrogen-bond donors (Lipinski definition) is 2. The molecule has 2 aromatic heterocycles. The van der Waals surface area contributed by atoms with Crippen LogP contribution in [-0.4, -0.2) is 44.5 Å². The summed E-state index contributed by atoms with van der Waals surface area (Å²) in [6.45, 7) is 1.16. The van der Waals surface area contributed by atoms with Gasteiger partial charge in [-0.2, -0.15) is 5.10 Å². The van der Waals surface area contributed by atoms with E-state index < -0.39 is 0 Å². The summed E-state index contributed by atoms with van der Waals surface area (Å²) in [6, 6.07) is 4.65. The normalized spacial score (nSPS) is 28.9. The summed E-state index contributed by atoms with van der Waals surface area (Å²) in [4.78, 5) is 11.5. The predicted molar refractivity (Wildman–Crippen MR) is 85.3 cm³/mol. The quantitative estimate of drug-likeness (QED) is 0.877. The number of aromatic nitrogens is 4. The maximum Gasteiger partial charge on any atom is 0.225 e. The number of aliphatic hydroxyl groups is 1. The molecule has 6 heteroatoms. The first kappa shape index (κ1) is 13.5. The number of nitrogens with zero attached hydrogens (tertiary/aromatic N) is 4. The SMILES string of the molecule is OCC12CC(C1)N(c1nccc(Cc3cc(C4CC4)n[nH]3)n1)C2. The standard InChI is InChI=1S/C17H21N5O/c23-10-17-7-14(8-17)22(9-17)16-18-4-3-12(19-16)5-13-6-15(21-20-13)11-1-2-11/h3-4,6,11,14,23H,1-2,5,7-10H2,(H,20,21). The van der Waals surface area contributed by atoms with Gasteiger partial charge in [0.05, 0.1) is 18.0 Å². The molecule has 2 saturated carbocycles. The first-order valence-corrected chi connectivity index (χ1v) is 8.48. The van der Waals surface area contributed by atoms with Gasteiger partial charge in [0.1, 0.15) is 0 Å². The van der Waals surface area contributed by atoms with Gasteiger partial charge in [-0.25, -0.2) is 9.97 Å². The van der Waals surface area contributed by atoms with Crippen LogP contribution in [0.2, 0.25) is 0 Å². The number of nitrogens with one attached hydrogen (secondary N) is 1. The predicted octanol–water partition coefficient (Wildman–Crippen LogP) is 1.63. The van der Waals surface area contributed by atoms with Gasteiger partial charge >= 0.3 is 0 Å². The number of rotatable bonds is 5. The topological polar surface area (TPSA) is 77.9 Å². The zero-order valence-electron chi connectivity index (χ0n) is 13.1. The van der Waals surface area contributed by atoms with Crippen molar-refractivity contribution in [2.24, 2.45) is 5.41 Å². The van der Waals surface area contributed by atoms with E-state index in [4.69, 9.17) is 4.98 Å².